The van der Waals surface area contributed by atoms with Crippen LogP contribution in [-0.4, -0.2) is 16.4 Å². The molecule has 0 radical (unpaired) electrons. The summed E-state index contributed by atoms with van der Waals surface area (Å²) in [7, 11) is 0. The standard InChI is InChI=1S/C18H14ClNO3/c1-11-9-14-10-16(23-12(2)21)7-8-17(14)20(11)18(22)13-3-5-15(19)6-4-13/h3-10H,1-2H3. The molecule has 0 N–H and O–H groups in total. The van der Waals surface area contributed by atoms with Crippen molar-refractivity contribution in [2.24, 2.45) is 0 Å². The topological polar surface area (TPSA) is 48.3 Å². The molecule has 116 valence electrons. The number of aromatic nitrogens is 1. The first-order chi connectivity index (χ1) is 11.0. The first-order valence-electron chi connectivity index (χ1n) is 7.06. The van der Waals surface area contributed by atoms with Gasteiger partial charge in [-0.25, -0.2) is 0 Å². The zero-order valence-electron chi connectivity index (χ0n) is 12.7. The van der Waals surface area contributed by atoms with Gasteiger partial charge in [-0.05, 0) is 55.5 Å². The van der Waals surface area contributed by atoms with Crippen LogP contribution in [0.4, 0.5) is 0 Å². The van der Waals surface area contributed by atoms with Gasteiger partial charge in [0, 0.05) is 28.6 Å². The zero-order valence-corrected chi connectivity index (χ0v) is 13.4. The van der Waals surface area contributed by atoms with Crippen LogP contribution in [0, 0.1) is 6.92 Å². The quantitative estimate of drug-likeness (QED) is 0.523. The number of rotatable bonds is 2. The van der Waals surface area contributed by atoms with Gasteiger partial charge in [-0.3, -0.25) is 14.2 Å². The van der Waals surface area contributed by atoms with Crippen LogP contribution in [0.25, 0.3) is 10.9 Å². The summed E-state index contributed by atoms with van der Waals surface area (Å²) in [6.07, 6.45) is 0. The molecule has 0 saturated heterocycles. The molecule has 0 unspecified atom stereocenters. The summed E-state index contributed by atoms with van der Waals surface area (Å²) < 4.78 is 6.72. The molecule has 5 heteroatoms. The minimum absolute atomic E-state index is 0.130. The lowest BCUT2D eigenvalue weighted by atomic mass is 10.2. The number of carbonyl (C=O) groups is 2. The van der Waals surface area contributed by atoms with E-state index in [9.17, 15) is 9.59 Å². The van der Waals surface area contributed by atoms with E-state index < -0.39 is 0 Å². The highest BCUT2D eigenvalue weighted by Gasteiger charge is 2.15. The molecule has 0 aliphatic carbocycles. The number of ether oxygens (including phenoxy) is 1. The lowest BCUT2D eigenvalue weighted by Crippen LogP contribution is -2.13. The van der Waals surface area contributed by atoms with E-state index >= 15 is 0 Å². The Morgan fingerprint density at radius 3 is 2.39 bits per heavy atom. The fourth-order valence-electron chi connectivity index (χ4n) is 2.55. The van der Waals surface area contributed by atoms with Gasteiger partial charge in [0.05, 0.1) is 5.52 Å². The number of carbonyl (C=O) groups excluding carboxylic acids is 2. The number of hydrogen-bond acceptors (Lipinski definition) is 3. The second kappa shape index (κ2) is 5.89. The molecule has 0 fully saturated rings. The molecule has 4 nitrogen and oxygen atoms in total. The Balaban J connectivity index is 2.07. The van der Waals surface area contributed by atoms with Gasteiger partial charge in [0.2, 0.25) is 0 Å². The van der Waals surface area contributed by atoms with Crippen LogP contribution in [-0.2, 0) is 4.79 Å². The van der Waals surface area contributed by atoms with Gasteiger partial charge in [-0.2, -0.15) is 0 Å². The summed E-state index contributed by atoms with van der Waals surface area (Å²) in [5.41, 5.74) is 2.12. The highest BCUT2D eigenvalue weighted by atomic mass is 35.5. The molecule has 1 aromatic heterocycles. The molecule has 0 aliphatic rings. The van der Waals surface area contributed by atoms with Crippen molar-refractivity contribution < 1.29 is 14.3 Å². The monoisotopic (exact) mass is 327 g/mol. The van der Waals surface area contributed by atoms with Crippen LogP contribution in [0.2, 0.25) is 5.02 Å². The highest BCUT2D eigenvalue weighted by Crippen LogP contribution is 2.25. The largest absolute Gasteiger partial charge is 0.427 e. The van der Waals surface area contributed by atoms with Gasteiger partial charge in [-0.15, -0.1) is 0 Å². The Kier molecular flexibility index (Phi) is 3.92. The number of benzene rings is 2. The minimum atomic E-state index is -0.377. The SMILES string of the molecule is CC(=O)Oc1ccc2c(c1)cc(C)n2C(=O)c1ccc(Cl)cc1. The molecule has 3 aromatic rings. The molecule has 0 saturated carbocycles. The predicted molar refractivity (Wildman–Crippen MR) is 89.2 cm³/mol. The molecule has 0 atom stereocenters. The summed E-state index contributed by atoms with van der Waals surface area (Å²) in [6.45, 7) is 3.21. The van der Waals surface area contributed by atoms with Crippen molar-refractivity contribution in [2.75, 3.05) is 0 Å². The number of nitrogens with zero attached hydrogens (tertiary/aromatic N) is 1. The maximum absolute atomic E-state index is 12.8. The van der Waals surface area contributed by atoms with E-state index in [-0.39, 0.29) is 11.9 Å². The molecule has 0 spiro atoms. The van der Waals surface area contributed by atoms with Gasteiger partial charge in [0.1, 0.15) is 5.75 Å². The van der Waals surface area contributed by atoms with Gasteiger partial charge < -0.3 is 4.74 Å². The number of hydrogen-bond donors (Lipinski definition) is 0. The van der Waals surface area contributed by atoms with E-state index in [4.69, 9.17) is 16.3 Å². The maximum Gasteiger partial charge on any atom is 0.308 e. The molecule has 0 aliphatic heterocycles. The summed E-state index contributed by atoms with van der Waals surface area (Å²) in [4.78, 5) is 23.8. The summed E-state index contributed by atoms with van der Waals surface area (Å²) >= 11 is 5.87. The normalized spacial score (nSPS) is 10.7. The number of aryl methyl sites for hydroxylation is 1. The summed E-state index contributed by atoms with van der Waals surface area (Å²) in [6, 6.07) is 13.9. The second-order valence-electron chi connectivity index (χ2n) is 5.25. The van der Waals surface area contributed by atoms with Crippen molar-refractivity contribution in [3.05, 3.63) is 64.8 Å². The Morgan fingerprint density at radius 2 is 1.74 bits per heavy atom. The molecule has 3 rings (SSSR count). The first kappa shape index (κ1) is 15.3. The van der Waals surface area contributed by atoms with E-state index in [1.165, 1.54) is 6.92 Å². The number of fused-ring (bicyclic) bond motifs is 1. The third-order valence-electron chi connectivity index (χ3n) is 3.51. The van der Waals surface area contributed by atoms with E-state index in [0.29, 0.717) is 16.3 Å². The van der Waals surface area contributed by atoms with Crippen LogP contribution in [0.5, 0.6) is 5.75 Å². The number of halogens is 1. The van der Waals surface area contributed by atoms with Crippen LogP contribution < -0.4 is 4.74 Å². The fraction of sp³-hybridized carbons (Fsp3) is 0.111. The van der Waals surface area contributed by atoms with Crippen molar-refractivity contribution in [3.8, 4) is 5.75 Å². The van der Waals surface area contributed by atoms with Gasteiger partial charge in [0.15, 0.2) is 0 Å². The third-order valence-corrected chi connectivity index (χ3v) is 3.76. The Hall–Kier alpha value is -2.59. The lowest BCUT2D eigenvalue weighted by molar-refractivity contribution is -0.131. The third kappa shape index (κ3) is 2.98. The predicted octanol–water partition coefficient (Wildman–Crippen LogP) is 4.22. The first-order valence-corrected chi connectivity index (χ1v) is 7.44. The summed E-state index contributed by atoms with van der Waals surface area (Å²) in [5.74, 6) is -0.0479. The van der Waals surface area contributed by atoms with Crippen LogP contribution in [0.15, 0.2) is 48.5 Å². The van der Waals surface area contributed by atoms with Gasteiger partial charge in [0.25, 0.3) is 5.91 Å². The van der Waals surface area contributed by atoms with Crippen molar-refractivity contribution in [2.45, 2.75) is 13.8 Å². The minimum Gasteiger partial charge on any atom is -0.427 e. The van der Waals surface area contributed by atoms with Crippen LogP contribution in [0.1, 0.15) is 23.0 Å². The van der Waals surface area contributed by atoms with E-state index in [1.54, 1.807) is 47.0 Å². The van der Waals surface area contributed by atoms with Crippen molar-refractivity contribution in [1.82, 2.24) is 4.57 Å². The zero-order chi connectivity index (χ0) is 16.6. The smallest absolute Gasteiger partial charge is 0.308 e. The average Bonchev–Trinajstić information content (AvgIpc) is 2.81. The van der Waals surface area contributed by atoms with Gasteiger partial charge in [-0.1, -0.05) is 11.6 Å². The van der Waals surface area contributed by atoms with Crippen molar-refractivity contribution >= 4 is 34.4 Å². The molecule has 1 heterocycles. The van der Waals surface area contributed by atoms with E-state index in [2.05, 4.69) is 0 Å². The Bertz CT molecular complexity index is 910. The van der Waals surface area contributed by atoms with Crippen LogP contribution >= 0.6 is 11.6 Å². The molecule has 23 heavy (non-hydrogen) atoms. The van der Waals surface area contributed by atoms with Crippen molar-refractivity contribution in [1.29, 1.82) is 0 Å². The number of esters is 1. The van der Waals surface area contributed by atoms with Crippen molar-refractivity contribution in [3.63, 3.8) is 0 Å². The molecular formula is C18H14ClNO3. The van der Waals surface area contributed by atoms with E-state index in [1.807, 2.05) is 13.0 Å². The fourth-order valence-corrected chi connectivity index (χ4v) is 2.68. The average molecular weight is 328 g/mol. The second-order valence-corrected chi connectivity index (χ2v) is 5.68. The van der Waals surface area contributed by atoms with E-state index in [0.717, 1.165) is 16.6 Å². The van der Waals surface area contributed by atoms with Crippen LogP contribution in [0.3, 0.4) is 0 Å². The molecule has 2 aromatic carbocycles. The Morgan fingerprint density at radius 1 is 1.04 bits per heavy atom. The van der Waals surface area contributed by atoms with Gasteiger partial charge >= 0.3 is 5.97 Å². The summed E-state index contributed by atoms with van der Waals surface area (Å²) in [5, 5.41) is 1.42. The lowest BCUT2D eigenvalue weighted by Gasteiger charge is -2.08. The Labute approximate surface area is 138 Å². The molecule has 0 bridgehead atoms. The molecule has 0 amide bonds. The molecular weight excluding hydrogens is 314 g/mol. The highest BCUT2D eigenvalue weighted by molar-refractivity contribution is 6.30. The maximum atomic E-state index is 12.8.